The summed E-state index contributed by atoms with van der Waals surface area (Å²) in [5, 5.41) is 3.10. The van der Waals surface area contributed by atoms with Gasteiger partial charge in [-0.2, -0.15) is 0 Å². The third kappa shape index (κ3) is 4.58. The number of rotatable bonds is 6. The average molecular weight is 366 g/mol. The molecule has 0 spiro atoms. The van der Waals surface area contributed by atoms with Gasteiger partial charge in [0.2, 0.25) is 0 Å². The third-order valence-electron chi connectivity index (χ3n) is 4.10. The molecule has 0 aromatic heterocycles. The Labute approximate surface area is 155 Å². The summed E-state index contributed by atoms with van der Waals surface area (Å²) in [7, 11) is 0. The Morgan fingerprint density at radius 3 is 2.07 bits per heavy atom. The third-order valence-corrected chi connectivity index (χ3v) is 4.10. The summed E-state index contributed by atoms with van der Waals surface area (Å²) in [6, 6.07) is 16.4. The lowest BCUT2D eigenvalue weighted by molar-refractivity contribution is -0.198. The largest absolute Gasteiger partial charge is 0.355 e. The SMILES string of the molecule is O=C(N[C@@H](Cc1ccccc1)C(=O)ON1C(=O)CCC1=O)c1ccccc1. The van der Waals surface area contributed by atoms with E-state index in [-0.39, 0.29) is 19.3 Å². The molecule has 7 nitrogen and oxygen atoms in total. The summed E-state index contributed by atoms with van der Waals surface area (Å²) < 4.78 is 0. The summed E-state index contributed by atoms with van der Waals surface area (Å²) in [6.45, 7) is 0. The van der Waals surface area contributed by atoms with E-state index < -0.39 is 29.7 Å². The standard InChI is InChI=1S/C20H18N2O5/c23-17-11-12-18(24)22(17)27-20(26)16(13-14-7-3-1-4-8-14)21-19(25)15-9-5-2-6-10-15/h1-10,16H,11-13H2,(H,21,25)/t16-/m0/s1. The summed E-state index contributed by atoms with van der Waals surface area (Å²) in [5.41, 5.74) is 1.18. The molecule has 2 aromatic carbocycles. The van der Waals surface area contributed by atoms with E-state index in [0.29, 0.717) is 10.6 Å². The molecule has 1 heterocycles. The number of hydroxylamine groups is 2. The summed E-state index contributed by atoms with van der Waals surface area (Å²) in [4.78, 5) is 53.4. The van der Waals surface area contributed by atoms with Gasteiger partial charge >= 0.3 is 5.97 Å². The van der Waals surface area contributed by atoms with Gasteiger partial charge in [-0.1, -0.05) is 48.5 Å². The monoisotopic (exact) mass is 366 g/mol. The summed E-state index contributed by atoms with van der Waals surface area (Å²) in [6.07, 6.45) is 0.173. The predicted molar refractivity (Wildman–Crippen MR) is 95.0 cm³/mol. The zero-order chi connectivity index (χ0) is 19.2. The number of amides is 3. The lowest BCUT2D eigenvalue weighted by Crippen LogP contribution is -2.46. The van der Waals surface area contributed by atoms with Crippen molar-refractivity contribution in [1.29, 1.82) is 0 Å². The van der Waals surface area contributed by atoms with Crippen LogP contribution in [-0.4, -0.2) is 34.8 Å². The van der Waals surface area contributed by atoms with Gasteiger partial charge in [-0.3, -0.25) is 14.4 Å². The molecule has 1 aliphatic rings. The normalized spacial score (nSPS) is 14.7. The molecule has 1 fully saturated rings. The van der Waals surface area contributed by atoms with Crippen LogP contribution in [0, 0.1) is 0 Å². The molecule has 1 atom stereocenters. The molecule has 1 aliphatic heterocycles. The van der Waals surface area contributed by atoms with Gasteiger partial charge in [0, 0.05) is 24.8 Å². The van der Waals surface area contributed by atoms with Gasteiger partial charge in [0.05, 0.1) is 0 Å². The van der Waals surface area contributed by atoms with Crippen LogP contribution in [0.25, 0.3) is 0 Å². The van der Waals surface area contributed by atoms with Crippen LogP contribution in [0.1, 0.15) is 28.8 Å². The maximum Gasteiger partial charge on any atom is 0.355 e. The van der Waals surface area contributed by atoms with E-state index in [1.165, 1.54) is 0 Å². The zero-order valence-electron chi connectivity index (χ0n) is 14.5. The van der Waals surface area contributed by atoms with Crippen LogP contribution in [-0.2, 0) is 25.6 Å². The second kappa shape index (κ2) is 8.27. The van der Waals surface area contributed by atoms with E-state index in [1.54, 1.807) is 42.5 Å². The average Bonchev–Trinajstić information content (AvgIpc) is 3.01. The van der Waals surface area contributed by atoms with Crippen molar-refractivity contribution in [2.24, 2.45) is 0 Å². The molecular formula is C20H18N2O5. The summed E-state index contributed by atoms with van der Waals surface area (Å²) >= 11 is 0. The molecule has 0 saturated carbocycles. The van der Waals surface area contributed by atoms with Gasteiger partial charge in [0.1, 0.15) is 6.04 Å². The Kier molecular flexibility index (Phi) is 5.61. The van der Waals surface area contributed by atoms with Crippen LogP contribution in [0.3, 0.4) is 0 Å². The van der Waals surface area contributed by atoms with Crippen LogP contribution >= 0.6 is 0 Å². The molecule has 138 valence electrons. The van der Waals surface area contributed by atoms with Gasteiger partial charge < -0.3 is 10.2 Å². The predicted octanol–water partition coefficient (Wildman–Crippen LogP) is 1.63. The maximum absolute atomic E-state index is 12.6. The van der Waals surface area contributed by atoms with Crippen molar-refractivity contribution in [2.75, 3.05) is 0 Å². The molecule has 27 heavy (non-hydrogen) atoms. The quantitative estimate of drug-likeness (QED) is 0.785. The van der Waals surface area contributed by atoms with Crippen LogP contribution in [0.2, 0.25) is 0 Å². The van der Waals surface area contributed by atoms with Gasteiger partial charge in [-0.25, -0.2) is 4.79 Å². The van der Waals surface area contributed by atoms with Gasteiger partial charge in [-0.15, -0.1) is 5.06 Å². The van der Waals surface area contributed by atoms with E-state index in [1.807, 2.05) is 18.2 Å². The van der Waals surface area contributed by atoms with Crippen LogP contribution < -0.4 is 5.32 Å². The molecule has 0 unspecified atom stereocenters. The first-order valence-corrected chi connectivity index (χ1v) is 8.52. The van der Waals surface area contributed by atoms with Gasteiger partial charge in [0.25, 0.3) is 17.7 Å². The first-order chi connectivity index (χ1) is 13.0. The van der Waals surface area contributed by atoms with E-state index in [0.717, 1.165) is 5.56 Å². The number of nitrogens with one attached hydrogen (secondary N) is 1. The molecule has 2 aromatic rings. The number of nitrogens with zero attached hydrogens (tertiary/aromatic N) is 1. The number of hydrogen-bond acceptors (Lipinski definition) is 5. The number of benzene rings is 2. The minimum Gasteiger partial charge on any atom is -0.338 e. The maximum atomic E-state index is 12.6. The lowest BCUT2D eigenvalue weighted by Gasteiger charge is -2.20. The van der Waals surface area contributed by atoms with Crippen molar-refractivity contribution >= 4 is 23.7 Å². The van der Waals surface area contributed by atoms with Crippen LogP contribution in [0.4, 0.5) is 0 Å². The highest BCUT2D eigenvalue weighted by Gasteiger charge is 2.35. The number of hydrogen-bond donors (Lipinski definition) is 1. The number of carbonyl (C=O) groups excluding carboxylic acids is 4. The molecule has 1 N–H and O–H groups in total. The topological polar surface area (TPSA) is 92.8 Å². The molecule has 3 amide bonds. The van der Waals surface area contributed by atoms with Crippen molar-refractivity contribution < 1.29 is 24.0 Å². The number of imide groups is 1. The Morgan fingerprint density at radius 1 is 0.926 bits per heavy atom. The Bertz CT molecular complexity index is 835. The Morgan fingerprint density at radius 2 is 1.48 bits per heavy atom. The van der Waals surface area contributed by atoms with Crippen molar-refractivity contribution in [3.63, 3.8) is 0 Å². The minimum absolute atomic E-state index is 0.00579. The van der Waals surface area contributed by atoms with Crippen molar-refractivity contribution in [2.45, 2.75) is 25.3 Å². The van der Waals surface area contributed by atoms with E-state index in [2.05, 4.69) is 5.32 Å². The first kappa shape index (κ1) is 18.3. The molecule has 7 heteroatoms. The Balaban J connectivity index is 1.76. The zero-order valence-corrected chi connectivity index (χ0v) is 14.5. The first-order valence-electron chi connectivity index (χ1n) is 8.52. The second-order valence-electron chi connectivity index (χ2n) is 6.07. The number of carbonyl (C=O) groups is 4. The minimum atomic E-state index is -1.05. The molecule has 0 radical (unpaired) electrons. The highest BCUT2D eigenvalue weighted by atomic mass is 16.7. The van der Waals surface area contributed by atoms with E-state index >= 15 is 0 Å². The van der Waals surface area contributed by atoms with E-state index in [4.69, 9.17) is 4.84 Å². The fourth-order valence-electron chi connectivity index (χ4n) is 2.69. The lowest BCUT2D eigenvalue weighted by atomic mass is 10.1. The molecule has 1 saturated heterocycles. The van der Waals surface area contributed by atoms with Crippen LogP contribution in [0.5, 0.6) is 0 Å². The fourth-order valence-corrected chi connectivity index (χ4v) is 2.69. The summed E-state index contributed by atoms with van der Waals surface area (Å²) in [5.74, 6) is -2.46. The molecule has 0 aliphatic carbocycles. The molecular weight excluding hydrogens is 348 g/mol. The van der Waals surface area contributed by atoms with Gasteiger partial charge in [-0.05, 0) is 17.7 Å². The molecule has 0 bridgehead atoms. The van der Waals surface area contributed by atoms with Crippen molar-refractivity contribution in [3.8, 4) is 0 Å². The van der Waals surface area contributed by atoms with E-state index in [9.17, 15) is 19.2 Å². The smallest absolute Gasteiger partial charge is 0.338 e. The highest BCUT2D eigenvalue weighted by Crippen LogP contribution is 2.14. The van der Waals surface area contributed by atoms with Gasteiger partial charge in [0.15, 0.2) is 0 Å². The highest BCUT2D eigenvalue weighted by molar-refractivity contribution is 6.02. The van der Waals surface area contributed by atoms with Crippen LogP contribution in [0.15, 0.2) is 60.7 Å². The second-order valence-corrected chi connectivity index (χ2v) is 6.07. The fraction of sp³-hybridized carbons (Fsp3) is 0.200. The van der Waals surface area contributed by atoms with Crippen molar-refractivity contribution in [1.82, 2.24) is 10.4 Å². The Hall–Kier alpha value is -3.48. The molecule has 3 rings (SSSR count). The van der Waals surface area contributed by atoms with Crippen molar-refractivity contribution in [3.05, 3.63) is 71.8 Å².